The maximum atomic E-state index is 13.9. The fourth-order valence-corrected chi connectivity index (χ4v) is 7.01. The molecule has 7 nitrogen and oxygen atoms in total. The normalized spacial score (nSPS) is 24.2. The summed E-state index contributed by atoms with van der Waals surface area (Å²) in [4.78, 5) is 22.3. The molecule has 164 valence electrons. The van der Waals surface area contributed by atoms with Gasteiger partial charge in [-0.2, -0.15) is 5.11 Å². The van der Waals surface area contributed by atoms with Crippen molar-refractivity contribution in [3.05, 3.63) is 75.2 Å². The number of hydrogen-bond donors (Lipinski definition) is 0. The third-order valence-corrected chi connectivity index (χ3v) is 8.64. The number of amides is 1. The van der Waals surface area contributed by atoms with E-state index in [0.717, 1.165) is 17.7 Å². The Kier molecular flexibility index (Phi) is 4.82. The van der Waals surface area contributed by atoms with E-state index in [4.69, 9.17) is 16.3 Å². The molecule has 4 heterocycles. The summed E-state index contributed by atoms with van der Waals surface area (Å²) in [6.45, 7) is 2.58. The zero-order chi connectivity index (χ0) is 21.8. The lowest BCUT2D eigenvalue weighted by Crippen LogP contribution is -2.44. The lowest BCUT2D eigenvalue weighted by atomic mass is 10.1. The number of carbonyl (C=O) groups excluding carboxylic acids is 1. The summed E-state index contributed by atoms with van der Waals surface area (Å²) in [6, 6.07) is 7.62. The molecular weight excluding hydrogens is 446 g/mol. The van der Waals surface area contributed by atoms with E-state index in [9.17, 15) is 4.79 Å². The molecule has 4 aliphatic heterocycles. The van der Waals surface area contributed by atoms with Crippen molar-refractivity contribution in [2.75, 3.05) is 44.1 Å². The minimum Gasteiger partial charge on any atom is -0.378 e. The fourth-order valence-electron chi connectivity index (χ4n) is 4.73. The molecule has 0 spiro atoms. The van der Waals surface area contributed by atoms with Gasteiger partial charge in [0.2, 0.25) is 0 Å². The molecule has 1 aliphatic carbocycles. The average molecular weight is 468 g/mol. The van der Waals surface area contributed by atoms with Crippen molar-refractivity contribution in [1.29, 1.82) is 0 Å². The molecule has 0 saturated carbocycles. The topological polar surface area (TPSA) is 60.7 Å². The Labute approximate surface area is 193 Å². The summed E-state index contributed by atoms with van der Waals surface area (Å²) in [5, 5.41) is 9.41. The van der Waals surface area contributed by atoms with Crippen LogP contribution in [0, 0.1) is 0 Å². The van der Waals surface area contributed by atoms with Gasteiger partial charge in [0.25, 0.3) is 5.91 Å². The summed E-state index contributed by atoms with van der Waals surface area (Å²) in [6.07, 6.45) is 9.66. The van der Waals surface area contributed by atoms with Gasteiger partial charge in [0.15, 0.2) is 11.5 Å². The van der Waals surface area contributed by atoms with Crippen molar-refractivity contribution in [2.24, 2.45) is 10.2 Å². The molecule has 1 unspecified atom stereocenters. The first-order valence-electron chi connectivity index (χ1n) is 10.6. The van der Waals surface area contributed by atoms with Crippen molar-refractivity contribution in [3.8, 4) is 0 Å². The quantitative estimate of drug-likeness (QED) is 0.615. The lowest BCUT2D eigenvalue weighted by molar-refractivity contribution is -0.131. The fraction of sp³-hybridized carbons (Fsp3) is 0.304. The number of anilines is 1. The smallest absolute Gasteiger partial charge is 0.274 e. The number of benzene rings is 1. The SMILES string of the molecule is CS1=C2C(=CN(c3ccccc3Cl)C(C(=O)N3CCOCC3)=C3N=NCN32)C2=C1C=CC2. The molecule has 0 bridgehead atoms. The maximum Gasteiger partial charge on any atom is 0.274 e. The zero-order valence-corrected chi connectivity index (χ0v) is 19.2. The average Bonchev–Trinajstić information content (AvgIpc) is 3.51. The van der Waals surface area contributed by atoms with Crippen LogP contribution in [0.15, 0.2) is 80.4 Å². The molecule has 0 aromatic heterocycles. The van der Waals surface area contributed by atoms with Gasteiger partial charge in [0.05, 0.1) is 28.9 Å². The molecule has 1 aromatic rings. The molecule has 1 saturated heterocycles. The lowest BCUT2D eigenvalue weighted by Gasteiger charge is -2.32. The summed E-state index contributed by atoms with van der Waals surface area (Å²) in [5.41, 5.74) is 3.70. The van der Waals surface area contributed by atoms with Gasteiger partial charge in [0.1, 0.15) is 6.67 Å². The van der Waals surface area contributed by atoms with Crippen LogP contribution in [0.3, 0.4) is 0 Å². The van der Waals surface area contributed by atoms with Crippen molar-refractivity contribution in [3.63, 3.8) is 0 Å². The highest BCUT2D eigenvalue weighted by Gasteiger charge is 2.41. The Morgan fingerprint density at radius 1 is 1.22 bits per heavy atom. The number of halogens is 1. The zero-order valence-electron chi connectivity index (χ0n) is 17.6. The van der Waals surface area contributed by atoms with Gasteiger partial charge < -0.3 is 14.5 Å². The number of rotatable bonds is 2. The minimum absolute atomic E-state index is 0.0822. The monoisotopic (exact) mass is 467 g/mol. The van der Waals surface area contributed by atoms with E-state index in [2.05, 4.69) is 39.7 Å². The number of ether oxygens (including phenoxy) is 1. The second kappa shape index (κ2) is 7.72. The predicted molar refractivity (Wildman–Crippen MR) is 127 cm³/mol. The van der Waals surface area contributed by atoms with Gasteiger partial charge in [-0.1, -0.05) is 35.9 Å². The molecule has 0 radical (unpaired) electrons. The molecular formula is C23H22ClN5O2S. The third-order valence-electron chi connectivity index (χ3n) is 6.26. The van der Waals surface area contributed by atoms with Crippen LogP contribution in [0.25, 0.3) is 0 Å². The molecule has 1 aromatic carbocycles. The highest BCUT2D eigenvalue weighted by molar-refractivity contribution is 8.19. The first-order chi connectivity index (χ1) is 15.6. The standard InChI is InChI=1S/C23H22ClN5O2S/c1-32-19-8-4-5-15(19)16-13-28(18-7-3-2-6-17(18)24)20(21-26-25-14-29(21)23(16)32)22(30)27-9-11-31-12-10-27/h2-4,6-8,13H,5,9-12,14H2,1H3. The summed E-state index contributed by atoms with van der Waals surface area (Å²) in [5.74, 6) is 0.508. The number of morpholine rings is 1. The molecule has 1 fully saturated rings. The maximum absolute atomic E-state index is 13.9. The highest BCUT2D eigenvalue weighted by atomic mass is 35.5. The van der Waals surface area contributed by atoms with Gasteiger partial charge in [-0.15, -0.1) is 15.6 Å². The van der Waals surface area contributed by atoms with Gasteiger partial charge in [-0.05, 0) is 30.4 Å². The number of hydrogen-bond acceptors (Lipinski definition) is 6. The van der Waals surface area contributed by atoms with E-state index in [1.54, 1.807) is 0 Å². The Morgan fingerprint density at radius 2 is 2.03 bits per heavy atom. The summed E-state index contributed by atoms with van der Waals surface area (Å²) < 4.78 is 5.48. The number of fused-ring (bicyclic) bond motifs is 4. The Hall–Kier alpha value is -2.68. The van der Waals surface area contributed by atoms with Crippen LogP contribution in [0.1, 0.15) is 6.42 Å². The first kappa shape index (κ1) is 20.0. The Morgan fingerprint density at radius 3 is 2.84 bits per heavy atom. The Balaban J connectivity index is 1.59. The summed E-state index contributed by atoms with van der Waals surface area (Å²) in [7, 11) is -0.118. The molecule has 1 amide bonds. The number of para-hydroxylation sites is 1. The molecule has 6 rings (SSSR count). The molecule has 9 heteroatoms. The van der Waals surface area contributed by atoms with E-state index >= 15 is 0 Å². The van der Waals surface area contributed by atoms with Crippen molar-refractivity contribution < 1.29 is 9.53 Å². The van der Waals surface area contributed by atoms with E-state index in [0.29, 0.717) is 49.5 Å². The molecule has 32 heavy (non-hydrogen) atoms. The van der Waals surface area contributed by atoms with E-state index in [-0.39, 0.29) is 16.4 Å². The van der Waals surface area contributed by atoms with Crippen LogP contribution in [0.2, 0.25) is 5.02 Å². The largest absolute Gasteiger partial charge is 0.378 e. The van der Waals surface area contributed by atoms with Gasteiger partial charge >= 0.3 is 0 Å². The number of nitrogens with zero attached hydrogens (tertiary/aromatic N) is 5. The van der Waals surface area contributed by atoms with Crippen LogP contribution in [0.4, 0.5) is 5.69 Å². The highest BCUT2D eigenvalue weighted by Crippen LogP contribution is 2.49. The number of azo groups is 1. The van der Waals surface area contributed by atoms with Gasteiger partial charge in [-0.3, -0.25) is 9.69 Å². The van der Waals surface area contributed by atoms with Crippen molar-refractivity contribution in [1.82, 2.24) is 9.80 Å². The van der Waals surface area contributed by atoms with E-state index in [1.807, 2.05) is 34.1 Å². The van der Waals surface area contributed by atoms with Crippen LogP contribution in [0.5, 0.6) is 0 Å². The van der Waals surface area contributed by atoms with E-state index < -0.39 is 0 Å². The van der Waals surface area contributed by atoms with Crippen molar-refractivity contribution >= 4 is 38.7 Å². The number of carbonyl (C=O) groups is 1. The molecule has 5 aliphatic rings. The minimum atomic E-state index is -0.118. The second-order valence-electron chi connectivity index (χ2n) is 8.02. The van der Waals surface area contributed by atoms with Crippen LogP contribution >= 0.6 is 22.1 Å². The number of allylic oxidation sites excluding steroid dienone is 2. The molecule has 0 N–H and O–H groups in total. The van der Waals surface area contributed by atoms with Crippen molar-refractivity contribution in [2.45, 2.75) is 6.42 Å². The predicted octanol–water partition coefficient (Wildman–Crippen LogP) is 4.05. The van der Waals surface area contributed by atoms with Gasteiger partial charge in [-0.25, -0.2) is 0 Å². The van der Waals surface area contributed by atoms with Crippen LogP contribution in [-0.2, 0) is 9.53 Å². The van der Waals surface area contributed by atoms with Gasteiger partial charge in [0, 0.05) is 29.8 Å². The molecule has 1 atom stereocenters. The van der Waals surface area contributed by atoms with Crippen LogP contribution in [-0.4, -0.2) is 59.9 Å². The van der Waals surface area contributed by atoms with Crippen LogP contribution < -0.4 is 4.90 Å². The first-order valence-corrected chi connectivity index (χ1v) is 12.6. The van der Waals surface area contributed by atoms with E-state index in [1.165, 1.54) is 15.5 Å². The Bertz CT molecular complexity index is 1220. The second-order valence-corrected chi connectivity index (χ2v) is 10.3. The summed E-state index contributed by atoms with van der Waals surface area (Å²) >= 11 is 6.66. The third kappa shape index (κ3) is 2.93.